The summed E-state index contributed by atoms with van der Waals surface area (Å²) in [5.74, 6) is -1.00. The van der Waals surface area contributed by atoms with E-state index in [-0.39, 0.29) is 18.4 Å². The molecule has 1 rings (SSSR count). The van der Waals surface area contributed by atoms with Crippen molar-refractivity contribution < 1.29 is 14.7 Å². The number of aliphatic carboxylic acids is 1. The van der Waals surface area contributed by atoms with Gasteiger partial charge in [0, 0.05) is 25.2 Å². The fraction of sp³-hybridized carbons (Fsp3) is 0.500. The molecular weight excluding hydrogens is 220 g/mol. The lowest BCUT2D eigenvalue weighted by atomic mass is 10.3. The molecule has 5 heteroatoms. The van der Waals surface area contributed by atoms with Crippen LogP contribution in [0.1, 0.15) is 43.2 Å². The number of carbonyl (C=O) groups excluding carboxylic acids is 1. The molecule has 0 unspecified atom stereocenters. The van der Waals surface area contributed by atoms with Gasteiger partial charge in [0.05, 0.1) is 0 Å². The van der Waals surface area contributed by atoms with E-state index in [0.29, 0.717) is 18.7 Å². The normalized spacial score (nSPS) is 10.5. The van der Waals surface area contributed by atoms with Gasteiger partial charge in [0.25, 0.3) is 5.91 Å². The summed E-state index contributed by atoms with van der Waals surface area (Å²) >= 11 is 0. The van der Waals surface area contributed by atoms with Crippen LogP contribution in [-0.4, -0.2) is 28.1 Å². The van der Waals surface area contributed by atoms with Crippen LogP contribution in [0.25, 0.3) is 0 Å². The molecule has 0 atom stereocenters. The first-order valence-electron chi connectivity index (χ1n) is 5.69. The molecule has 0 spiro atoms. The third kappa shape index (κ3) is 3.94. The molecule has 1 aromatic rings. The van der Waals surface area contributed by atoms with Gasteiger partial charge in [0.15, 0.2) is 0 Å². The highest BCUT2D eigenvalue weighted by Gasteiger charge is 2.11. The van der Waals surface area contributed by atoms with Crippen LogP contribution >= 0.6 is 0 Å². The summed E-state index contributed by atoms with van der Waals surface area (Å²) in [6.45, 7) is 4.39. The summed E-state index contributed by atoms with van der Waals surface area (Å²) in [5.41, 5.74) is 0.607. The Balaban J connectivity index is 2.47. The summed E-state index contributed by atoms with van der Waals surface area (Å²) in [6, 6.07) is 3.81. The molecule has 1 heterocycles. The van der Waals surface area contributed by atoms with E-state index in [2.05, 4.69) is 5.32 Å². The van der Waals surface area contributed by atoms with E-state index in [9.17, 15) is 9.59 Å². The van der Waals surface area contributed by atoms with Crippen LogP contribution in [-0.2, 0) is 4.79 Å². The van der Waals surface area contributed by atoms with Gasteiger partial charge in [0.2, 0.25) is 0 Å². The number of nitrogens with one attached hydrogen (secondary N) is 1. The predicted molar refractivity (Wildman–Crippen MR) is 64.0 cm³/mol. The minimum absolute atomic E-state index is 0.0749. The van der Waals surface area contributed by atoms with Crippen LogP contribution in [0.3, 0.4) is 0 Å². The third-order valence-electron chi connectivity index (χ3n) is 2.42. The van der Waals surface area contributed by atoms with Crippen LogP contribution in [0, 0.1) is 0 Å². The highest BCUT2D eigenvalue weighted by Crippen LogP contribution is 2.10. The molecule has 0 fully saturated rings. The van der Waals surface area contributed by atoms with Crippen molar-refractivity contribution in [2.45, 2.75) is 32.7 Å². The van der Waals surface area contributed by atoms with Gasteiger partial charge in [-0.2, -0.15) is 0 Å². The fourth-order valence-electron chi connectivity index (χ4n) is 1.57. The van der Waals surface area contributed by atoms with Crippen molar-refractivity contribution in [3.63, 3.8) is 0 Å². The highest BCUT2D eigenvalue weighted by atomic mass is 16.4. The monoisotopic (exact) mass is 238 g/mol. The first kappa shape index (κ1) is 13.3. The quantitative estimate of drug-likeness (QED) is 0.740. The van der Waals surface area contributed by atoms with Crippen molar-refractivity contribution in [3.8, 4) is 0 Å². The fourth-order valence-corrected chi connectivity index (χ4v) is 1.57. The minimum atomic E-state index is -0.843. The van der Waals surface area contributed by atoms with Gasteiger partial charge in [-0.05, 0) is 32.4 Å². The number of carboxylic acids is 1. The van der Waals surface area contributed by atoms with Crippen LogP contribution in [0.2, 0.25) is 0 Å². The molecule has 0 saturated heterocycles. The van der Waals surface area contributed by atoms with Crippen LogP contribution in [0.15, 0.2) is 18.3 Å². The Bertz CT molecular complexity index is 396. The number of nitrogens with zero attached hydrogens (tertiary/aromatic N) is 1. The van der Waals surface area contributed by atoms with Gasteiger partial charge in [-0.15, -0.1) is 0 Å². The number of aromatic nitrogens is 1. The Labute approximate surface area is 100 Å². The largest absolute Gasteiger partial charge is 0.481 e. The zero-order valence-electron chi connectivity index (χ0n) is 10.1. The Morgan fingerprint density at radius 2 is 2.18 bits per heavy atom. The average Bonchev–Trinajstić information content (AvgIpc) is 2.72. The molecule has 1 amide bonds. The standard InChI is InChI=1S/C12H18N2O3/c1-9(2)14-8-4-5-10(14)12(17)13-7-3-6-11(15)16/h4-5,8-9H,3,6-7H2,1-2H3,(H,13,17)(H,15,16). The number of hydrogen-bond acceptors (Lipinski definition) is 2. The predicted octanol–water partition coefficient (Wildman–Crippen LogP) is 1.66. The smallest absolute Gasteiger partial charge is 0.303 e. The number of amides is 1. The van der Waals surface area contributed by atoms with E-state index in [0.717, 1.165) is 0 Å². The molecule has 0 aromatic carbocycles. The topological polar surface area (TPSA) is 71.3 Å². The van der Waals surface area contributed by atoms with Gasteiger partial charge in [-0.25, -0.2) is 0 Å². The first-order valence-corrected chi connectivity index (χ1v) is 5.69. The molecule has 0 radical (unpaired) electrons. The van der Waals surface area contributed by atoms with Crippen LogP contribution in [0.5, 0.6) is 0 Å². The highest BCUT2D eigenvalue weighted by molar-refractivity contribution is 5.92. The molecule has 0 aliphatic heterocycles. The van der Waals surface area contributed by atoms with Crippen molar-refractivity contribution in [2.75, 3.05) is 6.54 Å². The lowest BCUT2D eigenvalue weighted by molar-refractivity contribution is -0.137. The van der Waals surface area contributed by atoms with Gasteiger partial charge < -0.3 is 15.0 Å². The molecule has 0 aliphatic carbocycles. The number of rotatable bonds is 6. The SMILES string of the molecule is CC(C)n1cccc1C(=O)NCCCC(=O)O. The Hall–Kier alpha value is -1.78. The molecule has 0 aliphatic rings. The van der Waals surface area contributed by atoms with E-state index in [1.165, 1.54) is 0 Å². The zero-order chi connectivity index (χ0) is 12.8. The zero-order valence-corrected chi connectivity index (χ0v) is 10.1. The number of hydrogen-bond donors (Lipinski definition) is 2. The maximum Gasteiger partial charge on any atom is 0.303 e. The Morgan fingerprint density at radius 1 is 1.47 bits per heavy atom. The van der Waals surface area contributed by atoms with Gasteiger partial charge in [-0.1, -0.05) is 0 Å². The number of carbonyl (C=O) groups is 2. The molecule has 5 nitrogen and oxygen atoms in total. The van der Waals surface area contributed by atoms with E-state index < -0.39 is 5.97 Å². The molecule has 94 valence electrons. The van der Waals surface area contributed by atoms with E-state index in [1.807, 2.05) is 30.7 Å². The molecule has 0 saturated carbocycles. The summed E-state index contributed by atoms with van der Waals surface area (Å²) in [7, 11) is 0. The van der Waals surface area contributed by atoms with E-state index >= 15 is 0 Å². The second-order valence-electron chi connectivity index (χ2n) is 4.15. The number of carboxylic acid groups (broad SMARTS) is 1. The van der Waals surface area contributed by atoms with Crippen LogP contribution in [0.4, 0.5) is 0 Å². The van der Waals surface area contributed by atoms with Crippen molar-refractivity contribution in [1.29, 1.82) is 0 Å². The van der Waals surface area contributed by atoms with E-state index in [4.69, 9.17) is 5.11 Å². The van der Waals surface area contributed by atoms with Crippen molar-refractivity contribution >= 4 is 11.9 Å². The van der Waals surface area contributed by atoms with Gasteiger partial charge >= 0.3 is 5.97 Å². The van der Waals surface area contributed by atoms with Crippen LogP contribution < -0.4 is 5.32 Å². The van der Waals surface area contributed by atoms with E-state index in [1.54, 1.807) is 6.07 Å². The summed E-state index contributed by atoms with van der Waals surface area (Å²) in [4.78, 5) is 22.1. The average molecular weight is 238 g/mol. The summed E-state index contributed by atoms with van der Waals surface area (Å²) < 4.78 is 1.88. The maximum absolute atomic E-state index is 11.8. The van der Waals surface area contributed by atoms with Crippen molar-refractivity contribution in [2.24, 2.45) is 0 Å². The molecule has 17 heavy (non-hydrogen) atoms. The van der Waals surface area contributed by atoms with Crippen molar-refractivity contribution in [1.82, 2.24) is 9.88 Å². The third-order valence-corrected chi connectivity index (χ3v) is 2.42. The Kier molecular flexibility index (Phi) is 4.75. The molecule has 1 aromatic heterocycles. The summed E-state index contributed by atoms with van der Waals surface area (Å²) in [6.07, 6.45) is 2.38. The van der Waals surface area contributed by atoms with Crippen molar-refractivity contribution in [3.05, 3.63) is 24.0 Å². The molecular formula is C12H18N2O3. The lowest BCUT2D eigenvalue weighted by Gasteiger charge is -2.12. The molecule has 2 N–H and O–H groups in total. The second kappa shape index (κ2) is 6.08. The molecule has 0 bridgehead atoms. The van der Waals surface area contributed by atoms with Gasteiger partial charge in [-0.3, -0.25) is 9.59 Å². The Morgan fingerprint density at radius 3 is 2.76 bits per heavy atom. The summed E-state index contributed by atoms with van der Waals surface area (Å²) in [5, 5.41) is 11.2. The second-order valence-corrected chi connectivity index (χ2v) is 4.15. The maximum atomic E-state index is 11.8. The minimum Gasteiger partial charge on any atom is -0.481 e. The van der Waals surface area contributed by atoms with Gasteiger partial charge in [0.1, 0.15) is 5.69 Å². The first-order chi connectivity index (χ1) is 8.02. The lowest BCUT2D eigenvalue weighted by Crippen LogP contribution is -2.27.